The number of carbonyl (C=O) groups is 1. The third-order valence-corrected chi connectivity index (χ3v) is 5.16. The molecule has 0 amide bonds. The summed E-state index contributed by atoms with van der Waals surface area (Å²) in [6.07, 6.45) is 0. The Hall–Kier alpha value is -3.73. The van der Waals surface area contributed by atoms with Crippen LogP contribution in [0.2, 0.25) is 0 Å². The Balaban J connectivity index is 1.90. The Labute approximate surface area is 166 Å². The molecule has 5 nitrogen and oxygen atoms in total. The van der Waals surface area contributed by atoms with Gasteiger partial charge in [0, 0.05) is 23.3 Å². The third-order valence-electron chi connectivity index (χ3n) is 5.16. The van der Waals surface area contributed by atoms with Crippen LogP contribution in [0.1, 0.15) is 12.5 Å². The molecule has 0 spiro atoms. The fourth-order valence-corrected chi connectivity index (χ4v) is 3.90. The van der Waals surface area contributed by atoms with Crippen molar-refractivity contribution in [2.24, 2.45) is 9.98 Å². The Bertz CT molecular complexity index is 1320. The van der Waals surface area contributed by atoms with Crippen LogP contribution in [0.25, 0.3) is 21.5 Å². The summed E-state index contributed by atoms with van der Waals surface area (Å²) in [5.41, 5.74) is 0.665. The SMILES string of the molecule is COc1ccc(C2(OC(C)=O)N=c3c(c4ccccc4c4ccccc34)=N2)cc1. The molecule has 0 unspecified atom stereocenters. The van der Waals surface area contributed by atoms with Gasteiger partial charge in [0.1, 0.15) is 5.75 Å². The molecule has 0 saturated carbocycles. The number of carbonyl (C=O) groups excluding carboxylic acids is 1. The van der Waals surface area contributed by atoms with Crippen molar-refractivity contribution in [3.05, 3.63) is 89.1 Å². The molecule has 0 atom stereocenters. The molecular weight excluding hydrogens is 364 g/mol. The average Bonchev–Trinajstić information content (AvgIpc) is 3.14. The summed E-state index contributed by atoms with van der Waals surface area (Å²) in [7, 11) is 1.61. The Morgan fingerprint density at radius 2 is 1.24 bits per heavy atom. The van der Waals surface area contributed by atoms with Gasteiger partial charge in [0.15, 0.2) is 0 Å². The summed E-state index contributed by atoms with van der Waals surface area (Å²) in [6, 6.07) is 23.4. The van der Waals surface area contributed by atoms with Crippen LogP contribution in [-0.2, 0) is 15.4 Å². The van der Waals surface area contributed by atoms with Crippen LogP contribution in [0.5, 0.6) is 5.75 Å². The highest BCUT2D eigenvalue weighted by Crippen LogP contribution is 2.33. The Morgan fingerprint density at radius 1 is 0.759 bits per heavy atom. The van der Waals surface area contributed by atoms with Crippen LogP contribution in [0.15, 0.2) is 82.8 Å². The molecule has 5 rings (SSSR count). The van der Waals surface area contributed by atoms with Gasteiger partial charge in [0.2, 0.25) is 0 Å². The number of ether oxygens (including phenoxy) is 2. The number of nitrogens with zero attached hydrogens (tertiary/aromatic N) is 2. The number of benzene rings is 4. The van der Waals surface area contributed by atoms with E-state index in [0.717, 1.165) is 32.3 Å². The van der Waals surface area contributed by atoms with Crippen LogP contribution in [0.4, 0.5) is 0 Å². The van der Waals surface area contributed by atoms with Gasteiger partial charge in [0.25, 0.3) is 0 Å². The molecule has 0 N–H and O–H groups in total. The lowest BCUT2D eigenvalue weighted by Gasteiger charge is -2.22. The summed E-state index contributed by atoms with van der Waals surface area (Å²) < 4.78 is 11.0. The molecule has 0 fully saturated rings. The van der Waals surface area contributed by atoms with E-state index >= 15 is 0 Å². The van der Waals surface area contributed by atoms with Gasteiger partial charge in [-0.15, -0.1) is 0 Å². The number of rotatable bonds is 3. The zero-order chi connectivity index (χ0) is 20.0. The summed E-state index contributed by atoms with van der Waals surface area (Å²) in [5.74, 6) is -1.19. The molecule has 0 bridgehead atoms. The van der Waals surface area contributed by atoms with Crippen LogP contribution in [0.3, 0.4) is 0 Å². The first kappa shape index (κ1) is 17.4. The maximum atomic E-state index is 12.0. The topological polar surface area (TPSA) is 60.2 Å². The van der Waals surface area contributed by atoms with Crippen LogP contribution in [-0.4, -0.2) is 13.1 Å². The maximum absolute atomic E-state index is 12.0. The first-order valence-corrected chi connectivity index (χ1v) is 9.35. The predicted octanol–water partition coefficient (Wildman–Crippen LogP) is 3.63. The van der Waals surface area contributed by atoms with Crippen molar-refractivity contribution >= 4 is 27.5 Å². The van der Waals surface area contributed by atoms with Gasteiger partial charge in [-0.3, -0.25) is 4.79 Å². The monoisotopic (exact) mass is 382 g/mol. The fraction of sp³-hybridized carbons (Fsp3) is 0.125. The summed E-state index contributed by atoms with van der Waals surface area (Å²) in [4.78, 5) is 21.8. The Morgan fingerprint density at radius 3 is 1.69 bits per heavy atom. The van der Waals surface area contributed by atoms with Crippen molar-refractivity contribution in [2.75, 3.05) is 7.11 Å². The standard InChI is InChI=1S/C24H18N2O3/c1-15(27)29-24(16-11-13-17(28-2)14-12-16)25-22-20-9-5-3-7-18(20)19-8-4-6-10-21(19)23(22)26-24/h3-14H,1-2H3. The number of methoxy groups -OCH3 is 1. The molecule has 0 aromatic heterocycles. The van der Waals surface area contributed by atoms with Gasteiger partial charge in [0.05, 0.1) is 17.8 Å². The first-order valence-electron chi connectivity index (χ1n) is 9.35. The minimum absolute atomic E-state index is 0.449. The van der Waals surface area contributed by atoms with Crippen molar-refractivity contribution in [3.63, 3.8) is 0 Å². The van der Waals surface area contributed by atoms with E-state index in [-0.39, 0.29) is 0 Å². The second-order valence-corrected chi connectivity index (χ2v) is 6.94. The molecule has 1 aliphatic rings. The second kappa shape index (κ2) is 6.41. The van der Waals surface area contributed by atoms with E-state index in [1.54, 1.807) is 7.11 Å². The van der Waals surface area contributed by atoms with E-state index < -0.39 is 11.8 Å². The molecular formula is C24H18N2O3. The first-order chi connectivity index (χ1) is 14.1. The highest BCUT2D eigenvalue weighted by molar-refractivity contribution is 6.07. The van der Waals surface area contributed by atoms with E-state index in [2.05, 4.69) is 12.1 Å². The number of hydrogen-bond donors (Lipinski definition) is 0. The molecule has 4 aromatic rings. The molecule has 1 aliphatic heterocycles. The summed E-state index contributed by atoms with van der Waals surface area (Å²) in [5, 5.41) is 5.61. The van der Waals surface area contributed by atoms with E-state index in [1.807, 2.05) is 60.7 Å². The number of esters is 1. The largest absolute Gasteiger partial charge is 0.497 e. The van der Waals surface area contributed by atoms with Gasteiger partial charge in [-0.2, -0.15) is 0 Å². The van der Waals surface area contributed by atoms with Gasteiger partial charge in [-0.05, 0) is 35.0 Å². The van der Waals surface area contributed by atoms with Crippen molar-refractivity contribution in [2.45, 2.75) is 12.8 Å². The van der Waals surface area contributed by atoms with Crippen molar-refractivity contribution in [1.82, 2.24) is 0 Å². The zero-order valence-corrected chi connectivity index (χ0v) is 16.0. The van der Waals surface area contributed by atoms with Gasteiger partial charge in [-0.1, -0.05) is 48.5 Å². The smallest absolute Gasteiger partial charge is 0.330 e. The molecule has 4 aromatic carbocycles. The van der Waals surface area contributed by atoms with E-state index in [4.69, 9.17) is 19.5 Å². The minimum atomic E-state index is -1.45. The summed E-state index contributed by atoms with van der Waals surface area (Å²) in [6.45, 7) is 1.37. The predicted molar refractivity (Wildman–Crippen MR) is 110 cm³/mol. The molecule has 0 aliphatic carbocycles. The lowest BCUT2D eigenvalue weighted by Crippen LogP contribution is -2.27. The van der Waals surface area contributed by atoms with E-state index in [9.17, 15) is 4.79 Å². The highest BCUT2D eigenvalue weighted by Gasteiger charge is 2.38. The summed E-state index contributed by atoms with van der Waals surface area (Å²) >= 11 is 0. The Kier molecular flexibility index (Phi) is 3.84. The molecule has 142 valence electrons. The molecule has 29 heavy (non-hydrogen) atoms. The van der Waals surface area contributed by atoms with Crippen LogP contribution >= 0.6 is 0 Å². The van der Waals surface area contributed by atoms with E-state index in [1.165, 1.54) is 6.92 Å². The molecule has 0 radical (unpaired) electrons. The van der Waals surface area contributed by atoms with Gasteiger partial charge in [-0.25, -0.2) is 9.98 Å². The number of hydrogen-bond acceptors (Lipinski definition) is 5. The van der Waals surface area contributed by atoms with Crippen molar-refractivity contribution in [3.8, 4) is 5.75 Å². The lowest BCUT2D eigenvalue weighted by atomic mass is 10.0. The van der Waals surface area contributed by atoms with Crippen molar-refractivity contribution < 1.29 is 14.3 Å². The van der Waals surface area contributed by atoms with Gasteiger partial charge >= 0.3 is 11.8 Å². The quantitative estimate of drug-likeness (QED) is 0.402. The normalized spacial score (nSPS) is 14.1. The minimum Gasteiger partial charge on any atom is -0.497 e. The average molecular weight is 382 g/mol. The second-order valence-electron chi connectivity index (χ2n) is 6.94. The molecule has 1 heterocycles. The van der Waals surface area contributed by atoms with Crippen LogP contribution < -0.4 is 15.5 Å². The lowest BCUT2D eigenvalue weighted by molar-refractivity contribution is -0.156. The molecule has 0 saturated heterocycles. The number of fused-ring (bicyclic) bond motifs is 6. The third kappa shape index (κ3) is 2.66. The van der Waals surface area contributed by atoms with E-state index in [0.29, 0.717) is 11.3 Å². The molecule has 5 heteroatoms. The van der Waals surface area contributed by atoms with Gasteiger partial charge < -0.3 is 9.47 Å². The maximum Gasteiger partial charge on any atom is 0.330 e. The van der Waals surface area contributed by atoms with Crippen molar-refractivity contribution in [1.29, 1.82) is 0 Å². The zero-order valence-electron chi connectivity index (χ0n) is 16.0. The van der Waals surface area contributed by atoms with Crippen LogP contribution in [0, 0.1) is 0 Å². The highest BCUT2D eigenvalue weighted by atomic mass is 16.6. The fourth-order valence-electron chi connectivity index (χ4n) is 3.90.